The summed E-state index contributed by atoms with van der Waals surface area (Å²) in [6, 6.07) is 14.4. The number of rotatable bonds is 4. The van der Waals surface area contributed by atoms with Crippen LogP contribution in [0.25, 0.3) is 0 Å². The number of halogens is 1. The van der Waals surface area contributed by atoms with E-state index < -0.39 is 0 Å². The smallest absolute Gasteiger partial charge is 0.0576 e. The zero-order valence-corrected chi connectivity index (χ0v) is 13.8. The molecular weight excluding hydrogens is 312 g/mol. The van der Waals surface area contributed by atoms with Crippen molar-refractivity contribution in [3.05, 3.63) is 58.1 Å². The molecule has 0 saturated heterocycles. The number of nitrogens with two attached hydrogens (primary N) is 1. The first-order valence-electron chi connectivity index (χ1n) is 6.75. The lowest BCUT2D eigenvalue weighted by atomic mass is 9.84. The van der Waals surface area contributed by atoms with Crippen LogP contribution in [0.5, 0.6) is 0 Å². The van der Waals surface area contributed by atoms with E-state index in [4.69, 9.17) is 5.73 Å². The summed E-state index contributed by atoms with van der Waals surface area (Å²) in [4.78, 5) is 0. The lowest BCUT2D eigenvalue weighted by molar-refractivity contribution is 0.554. The maximum atomic E-state index is 6.02. The Morgan fingerprint density at radius 3 is 2.55 bits per heavy atom. The van der Waals surface area contributed by atoms with Gasteiger partial charge in [0.1, 0.15) is 0 Å². The van der Waals surface area contributed by atoms with Crippen molar-refractivity contribution in [2.45, 2.75) is 26.2 Å². The molecule has 0 saturated carbocycles. The molecule has 0 heterocycles. The molecule has 2 rings (SSSR count). The van der Waals surface area contributed by atoms with Crippen molar-refractivity contribution >= 4 is 27.3 Å². The van der Waals surface area contributed by atoms with Crippen LogP contribution in [0.4, 0.5) is 11.4 Å². The molecule has 0 radical (unpaired) electrons. The van der Waals surface area contributed by atoms with Gasteiger partial charge in [-0.3, -0.25) is 0 Å². The van der Waals surface area contributed by atoms with Crippen LogP contribution in [0, 0.1) is 6.92 Å². The summed E-state index contributed by atoms with van der Waals surface area (Å²) in [6.45, 7) is 7.35. The van der Waals surface area contributed by atoms with Gasteiger partial charge >= 0.3 is 0 Å². The molecule has 0 bridgehead atoms. The van der Waals surface area contributed by atoms with Gasteiger partial charge in [-0.1, -0.05) is 54.0 Å². The van der Waals surface area contributed by atoms with Crippen molar-refractivity contribution in [3.63, 3.8) is 0 Å². The third-order valence-electron chi connectivity index (χ3n) is 3.53. The van der Waals surface area contributed by atoms with E-state index in [1.165, 1.54) is 11.1 Å². The Hall–Kier alpha value is -1.48. The number of anilines is 2. The highest BCUT2D eigenvalue weighted by Crippen LogP contribution is 2.31. The Balaban J connectivity index is 2.17. The fraction of sp³-hybridized carbons (Fsp3) is 0.294. The van der Waals surface area contributed by atoms with Crippen LogP contribution in [0.15, 0.2) is 46.9 Å². The molecule has 0 aliphatic rings. The summed E-state index contributed by atoms with van der Waals surface area (Å²) in [6.07, 6.45) is 0. The molecule has 2 aromatic carbocycles. The zero-order valence-electron chi connectivity index (χ0n) is 12.2. The van der Waals surface area contributed by atoms with E-state index in [1.807, 2.05) is 18.2 Å². The van der Waals surface area contributed by atoms with Crippen molar-refractivity contribution in [2.75, 3.05) is 17.6 Å². The second-order valence-electron chi connectivity index (χ2n) is 5.81. The second kappa shape index (κ2) is 5.88. The summed E-state index contributed by atoms with van der Waals surface area (Å²) in [5, 5.41) is 3.47. The van der Waals surface area contributed by atoms with Gasteiger partial charge < -0.3 is 11.1 Å². The molecule has 106 valence electrons. The lowest BCUT2D eigenvalue weighted by Crippen LogP contribution is -2.28. The Morgan fingerprint density at radius 1 is 1.15 bits per heavy atom. The SMILES string of the molecule is Cc1ccc(N)c(NCC(C)(C)c2ccccc2Br)c1. The zero-order chi connectivity index (χ0) is 14.8. The molecule has 0 atom stereocenters. The topological polar surface area (TPSA) is 38.0 Å². The van der Waals surface area contributed by atoms with Crippen molar-refractivity contribution < 1.29 is 0 Å². The third kappa shape index (κ3) is 3.34. The number of hydrogen-bond donors (Lipinski definition) is 2. The van der Waals surface area contributed by atoms with Gasteiger partial charge in [-0.2, -0.15) is 0 Å². The largest absolute Gasteiger partial charge is 0.397 e. The van der Waals surface area contributed by atoms with Crippen LogP contribution < -0.4 is 11.1 Å². The lowest BCUT2D eigenvalue weighted by Gasteiger charge is -2.27. The fourth-order valence-electron chi connectivity index (χ4n) is 2.24. The molecule has 0 aromatic heterocycles. The van der Waals surface area contributed by atoms with Gasteiger partial charge in [0.15, 0.2) is 0 Å². The van der Waals surface area contributed by atoms with E-state index in [2.05, 4.69) is 66.3 Å². The van der Waals surface area contributed by atoms with Crippen LogP contribution in [0.2, 0.25) is 0 Å². The Kier molecular flexibility index (Phi) is 4.39. The average Bonchev–Trinajstić information content (AvgIpc) is 2.40. The highest BCUT2D eigenvalue weighted by Gasteiger charge is 2.22. The minimum absolute atomic E-state index is 0.0102. The van der Waals surface area contributed by atoms with Crippen molar-refractivity contribution in [3.8, 4) is 0 Å². The van der Waals surface area contributed by atoms with E-state index in [-0.39, 0.29) is 5.41 Å². The Bertz CT molecular complexity index is 606. The first kappa shape index (κ1) is 14.9. The third-order valence-corrected chi connectivity index (χ3v) is 4.22. The van der Waals surface area contributed by atoms with Gasteiger partial charge in [-0.25, -0.2) is 0 Å². The molecule has 0 amide bonds. The average molecular weight is 333 g/mol. The number of benzene rings is 2. The van der Waals surface area contributed by atoms with Crippen molar-refractivity contribution in [2.24, 2.45) is 0 Å². The molecule has 0 spiro atoms. The number of aryl methyl sites for hydroxylation is 1. The van der Waals surface area contributed by atoms with E-state index >= 15 is 0 Å². The van der Waals surface area contributed by atoms with Crippen molar-refractivity contribution in [1.29, 1.82) is 0 Å². The van der Waals surface area contributed by atoms with Crippen LogP contribution in [0.1, 0.15) is 25.0 Å². The molecule has 3 N–H and O–H groups in total. The van der Waals surface area contributed by atoms with E-state index in [0.717, 1.165) is 22.4 Å². The van der Waals surface area contributed by atoms with Gasteiger partial charge in [0.25, 0.3) is 0 Å². The summed E-state index contributed by atoms with van der Waals surface area (Å²) in [5.41, 5.74) is 10.3. The van der Waals surface area contributed by atoms with Crippen LogP contribution in [-0.4, -0.2) is 6.54 Å². The Labute approximate surface area is 129 Å². The molecular formula is C17H21BrN2. The summed E-state index contributed by atoms with van der Waals surface area (Å²) in [5.74, 6) is 0. The Morgan fingerprint density at radius 2 is 1.85 bits per heavy atom. The van der Waals surface area contributed by atoms with E-state index in [9.17, 15) is 0 Å². The maximum Gasteiger partial charge on any atom is 0.0576 e. The first-order chi connectivity index (χ1) is 9.40. The minimum Gasteiger partial charge on any atom is -0.397 e. The quantitative estimate of drug-likeness (QED) is 0.794. The molecule has 0 fully saturated rings. The van der Waals surface area contributed by atoms with Gasteiger partial charge in [-0.05, 0) is 36.2 Å². The van der Waals surface area contributed by atoms with Gasteiger partial charge in [-0.15, -0.1) is 0 Å². The molecule has 3 heteroatoms. The first-order valence-corrected chi connectivity index (χ1v) is 7.54. The number of hydrogen-bond acceptors (Lipinski definition) is 2. The predicted molar refractivity (Wildman–Crippen MR) is 91.2 cm³/mol. The van der Waals surface area contributed by atoms with Crippen molar-refractivity contribution in [1.82, 2.24) is 0 Å². The minimum atomic E-state index is 0.0102. The summed E-state index contributed by atoms with van der Waals surface area (Å²) in [7, 11) is 0. The standard InChI is InChI=1S/C17H21BrN2/c1-12-8-9-15(19)16(10-12)20-11-17(2,3)13-6-4-5-7-14(13)18/h4-10,20H,11,19H2,1-3H3. The van der Waals surface area contributed by atoms with Crippen LogP contribution >= 0.6 is 15.9 Å². The number of nitrogens with one attached hydrogen (secondary N) is 1. The van der Waals surface area contributed by atoms with E-state index in [1.54, 1.807) is 0 Å². The highest BCUT2D eigenvalue weighted by molar-refractivity contribution is 9.10. The molecule has 2 aromatic rings. The number of nitrogen functional groups attached to an aromatic ring is 1. The van der Waals surface area contributed by atoms with Crippen LogP contribution in [0.3, 0.4) is 0 Å². The molecule has 20 heavy (non-hydrogen) atoms. The predicted octanol–water partition coefficient (Wildman–Crippen LogP) is 4.73. The van der Waals surface area contributed by atoms with E-state index in [0.29, 0.717) is 0 Å². The second-order valence-corrected chi connectivity index (χ2v) is 6.66. The van der Waals surface area contributed by atoms with Gasteiger partial charge in [0, 0.05) is 16.4 Å². The molecule has 0 aliphatic carbocycles. The molecule has 2 nitrogen and oxygen atoms in total. The monoisotopic (exact) mass is 332 g/mol. The van der Waals surface area contributed by atoms with Gasteiger partial charge in [0.05, 0.1) is 11.4 Å². The summed E-state index contributed by atoms with van der Waals surface area (Å²) >= 11 is 3.63. The maximum absolute atomic E-state index is 6.02. The van der Waals surface area contributed by atoms with Gasteiger partial charge in [0.2, 0.25) is 0 Å². The summed E-state index contributed by atoms with van der Waals surface area (Å²) < 4.78 is 1.14. The van der Waals surface area contributed by atoms with Crippen LogP contribution in [-0.2, 0) is 5.41 Å². The molecule has 0 unspecified atom stereocenters. The normalized spacial score (nSPS) is 11.4. The molecule has 0 aliphatic heterocycles. The fourth-order valence-corrected chi connectivity index (χ4v) is 3.07. The highest BCUT2D eigenvalue weighted by atomic mass is 79.9.